The highest BCUT2D eigenvalue weighted by Gasteiger charge is 2.24. The topological polar surface area (TPSA) is 75.5 Å². The lowest BCUT2D eigenvalue weighted by Gasteiger charge is -2.29. The van der Waals surface area contributed by atoms with Crippen molar-refractivity contribution in [3.05, 3.63) is 57.4 Å². The van der Waals surface area contributed by atoms with Crippen molar-refractivity contribution in [1.82, 2.24) is 19.4 Å². The molecule has 0 aliphatic carbocycles. The van der Waals surface area contributed by atoms with Crippen molar-refractivity contribution in [2.24, 2.45) is 7.05 Å². The van der Waals surface area contributed by atoms with Crippen molar-refractivity contribution in [2.75, 3.05) is 49.6 Å². The Kier molecular flexibility index (Phi) is 7.85. The highest BCUT2D eigenvalue weighted by molar-refractivity contribution is 5.89. The minimum absolute atomic E-state index is 0.116. The number of halogens is 3. The Morgan fingerprint density at radius 3 is 2.47 bits per heavy atom. The van der Waals surface area contributed by atoms with Crippen molar-refractivity contribution in [1.29, 1.82) is 0 Å². The van der Waals surface area contributed by atoms with Gasteiger partial charge in [-0.05, 0) is 32.3 Å². The van der Waals surface area contributed by atoms with Crippen LogP contribution < -0.4 is 15.8 Å². The summed E-state index contributed by atoms with van der Waals surface area (Å²) in [6.07, 6.45) is 0.242. The van der Waals surface area contributed by atoms with Gasteiger partial charge in [-0.25, -0.2) is 23.1 Å². The number of aromatic nitrogens is 3. The number of nitrogens with one attached hydrogen (secondary N) is 1. The van der Waals surface area contributed by atoms with Crippen LogP contribution in [0.4, 0.5) is 24.7 Å². The molecule has 0 amide bonds. The predicted octanol–water partition coefficient (Wildman–Crippen LogP) is 4.40. The summed E-state index contributed by atoms with van der Waals surface area (Å²) >= 11 is 0. The van der Waals surface area contributed by atoms with Crippen LogP contribution >= 0.6 is 0 Å². The number of benzene rings is 1. The van der Waals surface area contributed by atoms with E-state index in [1.807, 2.05) is 6.07 Å². The molecule has 2 aliphatic rings. The molecular formula is C27H33F3N6O2. The van der Waals surface area contributed by atoms with E-state index < -0.39 is 23.8 Å². The largest absolute Gasteiger partial charge is 0.379 e. The van der Waals surface area contributed by atoms with Crippen LogP contribution in [0, 0.1) is 5.82 Å². The molecule has 0 saturated carbocycles. The summed E-state index contributed by atoms with van der Waals surface area (Å²) in [5.41, 5.74) is 0.387. The van der Waals surface area contributed by atoms with Gasteiger partial charge in [0, 0.05) is 38.8 Å². The number of anilines is 2. The fourth-order valence-corrected chi connectivity index (χ4v) is 5.21. The lowest BCUT2D eigenvalue weighted by atomic mass is 10.0. The first-order chi connectivity index (χ1) is 18.3. The molecule has 1 atom stereocenters. The lowest BCUT2D eigenvalue weighted by molar-refractivity contribution is 0.0331. The molecule has 4 heterocycles. The van der Waals surface area contributed by atoms with Crippen LogP contribution in [0.3, 0.4) is 0 Å². The van der Waals surface area contributed by atoms with Gasteiger partial charge in [-0.1, -0.05) is 18.2 Å². The van der Waals surface area contributed by atoms with E-state index in [0.717, 1.165) is 51.5 Å². The van der Waals surface area contributed by atoms with E-state index >= 15 is 0 Å². The molecule has 2 aromatic heterocycles. The second-order valence-corrected chi connectivity index (χ2v) is 9.97. The number of hydrogen-bond acceptors (Lipinski definition) is 7. The molecule has 8 nitrogen and oxygen atoms in total. The average molecular weight is 531 g/mol. The molecule has 1 aromatic carbocycles. The number of hydrogen-bond donors (Lipinski definition) is 1. The van der Waals surface area contributed by atoms with Gasteiger partial charge in [0.25, 0.3) is 12.0 Å². The Bertz CT molecular complexity index is 1350. The second kappa shape index (κ2) is 11.3. The molecule has 38 heavy (non-hydrogen) atoms. The number of alkyl halides is 2. The van der Waals surface area contributed by atoms with Crippen LogP contribution in [0.5, 0.6) is 0 Å². The molecule has 0 spiro atoms. The van der Waals surface area contributed by atoms with Crippen molar-refractivity contribution in [3.63, 3.8) is 0 Å². The Balaban J connectivity index is 1.59. The Labute approximate surface area is 219 Å². The number of pyridine rings is 1. The minimum atomic E-state index is -2.91. The van der Waals surface area contributed by atoms with Crippen LogP contribution in [-0.4, -0.2) is 58.8 Å². The Hall–Kier alpha value is -3.18. The standard InChI is InChI=1S/C27H33F3N6O2/c1-17(18-7-6-8-19(23(18)28)24(29)30)31-25-20-15-21(36-9-4-3-5-10-36)27(37)34(2)26(20)33-22(32-25)16-35-11-13-38-14-12-35/h6-8,15,17,24H,3-5,9-14,16H2,1-2H3,(H,31,32,33)/t17-/m1/s1. The van der Waals surface area contributed by atoms with Gasteiger partial charge in [-0.2, -0.15) is 0 Å². The quantitative estimate of drug-likeness (QED) is 0.485. The number of fused-ring (bicyclic) bond motifs is 1. The summed E-state index contributed by atoms with van der Waals surface area (Å²) in [7, 11) is 1.70. The number of aryl methyl sites for hydroxylation is 1. The van der Waals surface area contributed by atoms with Crippen molar-refractivity contribution in [3.8, 4) is 0 Å². The summed E-state index contributed by atoms with van der Waals surface area (Å²) in [4.78, 5) is 27.2. The van der Waals surface area contributed by atoms with Crippen molar-refractivity contribution in [2.45, 2.75) is 45.2 Å². The number of nitrogens with zero attached hydrogens (tertiary/aromatic N) is 5. The van der Waals surface area contributed by atoms with Crippen LogP contribution in [0.2, 0.25) is 0 Å². The predicted molar refractivity (Wildman–Crippen MR) is 140 cm³/mol. The van der Waals surface area contributed by atoms with Crippen LogP contribution in [-0.2, 0) is 18.3 Å². The molecular weight excluding hydrogens is 497 g/mol. The van der Waals surface area contributed by atoms with Gasteiger partial charge in [-0.3, -0.25) is 14.3 Å². The van der Waals surface area contributed by atoms with E-state index in [9.17, 15) is 18.0 Å². The highest BCUT2D eigenvalue weighted by Crippen LogP contribution is 2.31. The van der Waals surface area contributed by atoms with Gasteiger partial charge in [0.15, 0.2) is 0 Å². The number of morpholine rings is 1. The molecule has 0 bridgehead atoms. The summed E-state index contributed by atoms with van der Waals surface area (Å²) < 4.78 is 48.7. The maximum atomic E-state index is 15.0. The monoisotopic (exact) mass is 530 g/mol. The highest BCUT2D eigenvalue weighted by atomic mass is 19.3. The van der Waals surface area contributed by atoms with E-state index in [1.165, 1.54) is 16.7 Å². The van der Waals surface area contributed by atoms with Gasteiger partial charge in [0.2, 0.25) is 0 Å². The van der Waals surface area contributed by atoms with Gasteiger partial charge >= 0.3 is 0 Å². The molecule has 5 rings (SSSR count). The summed E-state index contributed by atoms with van der Waals surface area (Å²) in [6.45, 7) is 6.46. The van der Waals surface area contributed by atoms with Crippen LogP contribution in [0.25, 0.3) is 11.0 Å². The zero-order valence-corrected chi connectivity index (χ0v) is 21.7. The Morgan fingerprint density at radius 2 is 1.76 bits per heavy atom. The fourth-order valence-electron chi connectivity index (χ4n) is 5.21. The summed E-state index contributed by atoms with van der Waals surface area (Å²) in [5.74, 6) is 0.00824. The van der Waals surface area contributed by atoms with E-state index in [1.54, 1.807) is 14.0 Å². The van der Waals surface area contributed by atoms with Crippen molar-refractivity contribution < 1.29 is 17.9 Å². The zero-order chi connectivity index (χ0) is 26.8. The van der Waals surface area contributed by atoms with E-state index in [2.05, 4.69) is 15.1 Å². The van der Waals surface area contributed by atoms with Gasteiger partial charge in [0.1, 0.15) is 28.8 Å². The normalized spacial score (nSPS) is 17.8. The summed E-state index contributed by atoms with van der Waals surface area (Å²) in [5, 5.41) is 3.87. The summed E-state index contributed by atoms with van der Waals surface area (Å²) in [6, 6.07) is 5.16. The lowest BCUT2D eigenvalue weighted by Crippen LogP contribution is -2.37. The molecule has 2 saturated heterocycles. The number of piperidine rings is 1. The number of ether oxygens (including phenoxy) is 1. The van der Waals surface area contributed by atoms with Gasteiger partial charge < -0.3 is 15.0 Å². The molecule has 2 aliphatic heterocycles. The fraction of sp³-hybridized carbons (Fsp3) is 0.519. The molecule has 0 radical (unpaired) electrons. The molecule has 11 heteroatoms. The first-order valence-electron chi connectivity index (χ1n) is 13.1. The van der Waals surface area contributed by atoms with Crippen LogP contribution in [0.1, 0.15) is 55.6 Å². The smallest absolute Gasteiger partial charge is 0.275 e. The van der Waals surface area contributed by atoms with Crippen LogP contribution in [0.15, 0.2) is 29.1 Å². The SMILES string of the molecule is C[C@@H](Nc1nc(CN2CCOCC2)nc2c1cc(N1CCCCC1)c(=O)n2C)c1cccc(C(F)F)c1F. The van der Waals surface area contributed by atoms with Gasteiger partial charge in [-0.15, -0.1) is 0 Å². The second-order valence-electron chi connectivity index (χ2n) is 9.97. The van der Waals surface area contributed by atoms with Crippen molar-refractivity contribution >= 4 is 22.5 Å². The minimum Gasteiger partial charge on any atom is -0.379 e. The van der Waals surface area contributed by atoms with E-state index in [-0.39, 0.29) is 11.1 Å². The first-order valence-corrected chi connectivity index (χ1v) is 13.1. The third-order valence-corrected chi connectivity index (χ3v) is 7.37. The van der Waals surface area contributed by atoms with E-state index in [0.29, 0.717) is 48.1 Å². The third kappa shape index (κ3) is 5.35. The molecule has 204 valence electrons. The Morgan fingerprint density at radius 1 is 1.05 bits per heavy atom. The molecule has 2 fully saturated rings. The first kappa shape index (κ1) is 26.4. The van der Waals surface area contributed by atoms with E-state index in [4.69, 9.17) is 14.7 Å². The maximum Gasteiger partial charge on any atom is 0.275 e. The third-order valence-electron chi connectivity index (χ3n) is 7.37. The van der Waals surface area contributed by atoms with Gasteiger partial charge in [0.05, 0.1) is 36.8 Å². The maximum absolute atomic E-state index is 15.0. The molecule has 3 aromatic rings. The molecule has 0 unspecified atom stereocenters. The average Bonchev–Trinajstić information content (AvgIpc) is 2.92. The number of rotatable bonds is 7. The molecule has 1 N–H and O–H groups in total. The zero-order valence-electron chi connectivity index (χ0n) is 21.7.